The Kier molecular flexibility index (Phi) is 2.48. The molecule has 0 saturated heterocycles. The molecule has 3 heteroatoms. The van der Waals surface area contributed by atoms with Gasteiger partial charge in [0.15, 0.2) is 0 Å². The first kappa shape index (κ1) is 9.56. The highest BCUT2D eigenvalue weighted by atomic mass is 16.1. The van der Waals surface area contributed by atoms with Crippen molar-refractivity contribution in [3.05, 3.63) is 22.9 Å². The van der Waals surface area contributed by atoms with Gasteiger partial charge in [-0.25, -0.2) is 4.79 Å². The van der Waals surface area contributed by atoms with Gasteiger partial charge in [0, 0.05) is 18.4 Å². The van der Waals surface area contributed by atoms with Gasteiger partial charge in [-0.05, 0) is 24.7 Å². The molecule has 2 rings (SSSR count). The summed E-state index contributed by atoms with van der Waals surface area (Å²) in [5.41, 5.74) is 0.0376. The van der Waals surface area contributed by atoms with Crippen LogP contribution < -0.4 is 5.69 Å². The molecule has 3 nitrogen and oxygen atoms in total. The molecule has 1 aliphatic rings. The number of rotatable bonds is 3. The van der Waals surface area contributed by atoms with Crippen LogP contribution in [0.25, 0.3) is 0 Å². The Balaban J connectivity index is 2.26. The van der Waals surface area contributed by atoms with E-state index in [9.17, 15) is 4.79 Å². The Hall–Kier alpha value is -0.990. The van der Waals surface area contributed by atoms with E-state index >= 15 is 0 Å². The van der Waals surface area contributed by atoms with E-state index in [4.69, 9.17) is 0 Å². The van der Waals surface area contributed by atoms with Crippen molar-refractivity contribution in [3.8, 4) is 0 Å². The number of hydrogen-bond acceptors (Lipinski definition) is 1. The summed E-state index contributed by atoms with van der Waals surface area (Å²) in [6.45, 7) is 4.39. The molecule has 0 amide bonds. The van der Waals surface area contributed by atoms with Crippen LogP contribution in [0.3, 0.4) is 0 Å². The summed E-state index contributed by atoms with van der Waals surface area (Å²) < 4.78 is 1.87. The van der Waals surface area contributed by atoms with Gasteiger partial charge in [0.25, 0.3) is 0 Å². The first-order valence-electron chi connectivity index (χ1n) is 5.45. The summed E-state index contributed by atoms with van der Waals surface area (Å²) >= 11 is 0. The van der Waals surface area contributed by atoms with Crippen LogP contribution in [0.2, 0.25) is 0 Å². The van der Waals surface area contributed by atoms with Gasteiger partial charge in [-0.1, -0.05) is 20.3 Å². The zero-order chi connectivity index (χ0) is 10.1. The average molecular weight is 194 g/mol. The zero-order valence-electron chi connectivity index (χ0n) is 8.86. The fourth-order valence-corrected chi connectivity index (χ4v) is 2.44. The van der Waals surface area contributed by atoms with Crippen molar-refractivity contribution in [2.45, 2.75) is 39.2 Å². The van der Waals surface area contributed by atoms with E-state index in [1.165, 1.54) is 19.3 Å². The Morgan fingerprint density at radius 3 is 2.57 bits per heavy atom. The molecule has 0 spiro atoms. The topological polar surface area (TPSA) is 37.8 Å². The van der Waals surface area contributed by atoms with Gasteiger partial charge in [0.05, 0.1) is 0 Å². The number of nitrogens with zero attached hydrogens (tertiary/aromatic N) is 1. The van der Waals surface area contributed by atoms with E-state index in [0.717, 1.165) is 0 Å². The van der Waals surface area contributed by atoms with Gasteiger partial charge in [-0.15, -0.1) is 0 Å². The lowest BCUT2D eigenvalue weighted by Crippen LogP contribution is -2.34. The number of nitrogens with one attached hydrogen (secondary N) is 1. The van der Waals surface area contributed by atoms with Crippen LogP contribution in [0.1, 0.15) is 39.2 Å². The van der Waals surface area contributed by atoms with Crippen molar-refractivity contribution >= 4 is 0 Å². The van der Waals surface area contributed by atoms with Crippen molar-refractivity contribution in [1.29, 1.82) is 0 Å². The molecule has 0 radical (unpaired) electrons. The molecule has 1 saturated carbocycles. The third kappa shape index (κ3) is 1.51. The maximum absolute atomic E-state index is 11.5. The predicted molar refractivity (Wildman–Crippen MR) is 56.3 cm³/mol. The van der Waals surface area contributed by atoms with Gasteiger partial charge in [-0.2, -0.15) is 0 Å². The fourth-order valence-electron chi connectivity index (χ4n) is 2.44. The smallest absolute Gasteiger partial charge is 0.313 e. The Labute approximate surface area is 84.1 Å². The lowest BCUT2D eigenvalue weighted by atomic mass is 9.75. The largest absolute Gasteiger partial charge is 0.325 e. The molecular weight excluding hydrogens is 176 g/mol. The molecule has 1 fully saturated rings. The number of hydrogen-bond donors (Lipinski definition) is 1. The Morgan fingerprint density at radius 2 is 2.21 bits per heavy atom. The molecule has 1 N–H and O–H groups in total. The fraction of sp³-hybridized carbons (Fsp3) is 0.727. The average Bonchev–Trinajstić information content (AvgIpc) is 2.42. The molecule has 1 heterocycles. The second-order valence-corrected chi connectivity index (χ2v) is 4.60. The minimum absolute atomic E-state index is 0.0376. The molecule has 1 aromatic rings. The molecule has 78 valence electrons. The highest BCUT2D eigenvalue weighted by Crippen LogP contribution is 2.39. The lowest BCUT2D eigenvalue weighted by molar-refractivity contribution is 0.162. The number of imidazole rings is 1. The summed E-state index contributed by atoms with van der Waals surface area (Å²) in [7, 11) is 0. The van der Waals surface area contributed by atoms with Crippen LogP contribution >= 0.6 is 0 Å². The monoisotopic (exact) mass is 194 g/mol. The summed E-state index contributed by atoms with van der Waals surface area (Å²) in [6.07, 6.45) is 7.50. The van der Waals surface area contributed by atoms with Gasteiger partial charge >= 0.3 is 5.69 Å². The molecule has 0 bridgehead atoms. The summed E-state index contributed by atoms with van der Waals surface area (Å²) in [5.74, 6) is 1.25. The van der Waals surface area contributed by atoms with E-state index in [1.807, 2.05) is 10.8 Å². The van der Waals surface area contributed by atoms with Crippen LogP contribution in [0.5, 0.6) is 0 Å². The Bertz CT molecular complexity index is 346. The Morgan fingerprint density at radius 1 is 1.50 bits per heavy atom. The normalized spacial score (nSPS) is 19.6. The zero-order valence-corrected chi connectivity index (χ0v) is 8.86. The van der Waals surface area contributed by atoms with E-state index in [0.29, 0.717) is 17.9 Å². The van der Waals surface area contributed by atoms with E-state index < -0.39 is 0 Å². The number of aromatic amines is 1. The van der Waals surface area contributed by atoms with Crippen LogP contribution in [0.4, 0.5) is 0 Å². The third-order valence-corrected chi connectivity index (χ3v) is 3.31. The molecule has 1 atom stereocenters. The maximum atomic E-state index is 11.5. The van der Waals surface area contributed by atoms with Crippen LogP contribution in [0.15, 0.2) is 17.2 Å². The van der Waals surface area contributed by atoms with Crippen molar-refractivity contribution in [2.75, 3.05) is 0 Å². The first-order chi connectivity index (χ1) is 6.70. The minimum Gasteiger partial charge on any atom is -0.313 e. The predicted octanol–water partition coefficient (Wildman–Crippen LogP) is 2.17. The summed E-state index contributed by atoms with van der Waals surface area (Å²) in [6, 6.07) is 0.391. The molecular formula is C11H18N2O. The highest BCUT2D eigenvalue weighted by Gasteiger charge is 2.31. The van der Waals surface area contributed by atoms with Crippen molar-refractivity contribution < 1.29 is 0 Å². The molecule has 1 aromatic heterocycles. The molecule has 0 aliphatic heterocycles. The van der Waals surface area contributed by atoms with Gasteiger partial charge in [-0.3, -0.25) is 4.57 Å². The summed E-state index contributed by atoms with van der Waals surface area (Å²) in [4.78, 5) is 14.2. The second kappa shape index (κ2) is 3.64. The lowest BCUT2D eigenvalue weighted by Gasteiger charge is -2.36. The van der Waals surface area contributed by atoms with Crippen LogP contribution in [-0.2, 0) is 0 Å². The van der Waals surface area contributed by atoms with Gasteiger partial charge < -0.3 is 4.98 Å². The van der Waals surface area contributed by atoms with E-state index in [-0.39, 0.29) is 5.69 Å². The van der Waals surface area contributed by atoms with Crippen LogP contribution in [0, 0.1) is 11.8 Å². The maximum Gasteiger partial charge on any atom is 0.325 e. The van der Waals surface area contributed by atoms with Crippen molar-refractivity contribution in [3.63, 3.8) is 0 Å². The standard InChI is InChI=1S/C11H18N2O/c1-8(2)10(9-4-3-5-9)13-7-6-12-11(13)14/h6-10H,3-5H2,1-2H3,(H,12,14). The SMILES string of the molecule is CC(C)C(C1CCC1)n1cc[nH]c1=O. The summed E-state index contributed by atoms with van der Waals surface area (Å²) in [5, 5.41) is 0. The van der Waals surface area contributed by atoms with E-state index in [1.54, 1.807) is 6.20 Å². The number of H-pyrrole nitrogens is 1. The molecule has 14 heavy (non-hydrogen) atoms. The van der Waals surface area contributed by atoms with Gasteiger partial charge in [0.1, 0.15) is 0 Å². The molecule has 1 unspecified atom stereocenters. The van der Waals surface area contributed by atoms with Crippen molar-refractivity contribution in [2.24, 2.45) is 11.8 Å². The molecule has 1 aliphatic carbocycles. The quantitative estimate of drug-likeness (QED) is 0.786. The van der Waals surface area contributed by atoms with Crippen molar-refractivity contribution in [1.82, 2.24) is 9.55 Å². The molecule has 0 aromatic carbocycles. The van der Waals surface area contributed by atoms with Crippen LogP contribution in [-0.4, -0.2) is 9.55 Å². The first-order valence-corrected chi connectivity index (χ1v) is 5.45. The number of aromatic nitrogens is 2. The second-order valence-electron chi connectivity index (χ2n) is 4.60. The minimum atomic E-state index is 0.0376. The van der Waals surface area contributed by atoms with E-state index in [2.05, 4.69) is 18.8 Å². The van der Waals surface area contributed by atoms with Gasteiger partial charge in [0.2, 0.25) is 0 Å². The third-order valence-electron chi connectivity index (χ3n) is 3.31. The highest BCUT2D eigenvalue weighted by molar-refractivity contribution is 4.89.